The van der Waals surface area contributed by atoms with Crippen molar-refractivity contribution in [3.05, 3.63) is 71.8 Å². The van der Waals surface area contributed by atoms with Crippen LogP contribution >= 0.6 is 11.8 Å². The Labute approximate surface area is 141 Å². The van der Waals surface area contributed by atoms with Gasteiger partial charge < -0.3 is 0 Å². The first-order valence-corrected chi connectivity index (χ1v) is 8.80. The first-order chi connectivity index (χ1) is 11.2. The fraction of sp³-hybridized carbons (Fsp3) is 0.263. The van der Waals surface area contributed by atoms with Gasteiger partial charge in [0.15, 0.2) is 5.17 Å². The van der Waals surface area contributed by atoms with Crippen molar-refractivity contribution in [2.75, 3.05) is 5.75 Å². The van der Waals surface area contributed by atoms with Crippen LogP contribution in [0.5, 0.6) is 0 Å². The summed E-state index contributed by atoms with van der Waals surface area (Å²) in [6.45, 7) is 2.70. The van der Waals surface area contributed by atoms with Crippen molar-refractivity contribution in [3.63, 3.8) is 0 Å². The molecular formula is C19H20N2OS. The van der Waals surface area contributed by atoms with E-state index in [0.717, 1.165) is 17.2 Å². The maximum absolute atomic E-state index is 12.2. The van der Waals surface area contributed by atoms with E-state index in [1.807, 2.05) is 53.4 Å². The Bertz CT molecular complexity index is 685. The highest BCUT2D eigenvalue weighted by molar-refractivity contribution is 8.15. The molecule has 0 spiro atoms. The van der Waals surface area contributed by atoms with Gasteiger partial charge in [0.25, 0.3) is 0 Å². The molecule has 1 amide bonds. The summed E-state index contributed by atoms with van der Waals surface area (Å²) in [5.74, 6) is 0.633. The van der Waals surface area contributed by atoms with Crippen LogP contribution in [0.25, 0.3) is 0 Å². The van der Waals surface area contributed by atoms with Crippen LogP contribution in [-0.2, 0) is 17.8 Å². The van der Waals surface area contributed by atoms with Crippen LogP contribution in [0.3, 0.4) is 0 Å². The van der Waals surface area contributed by atoms with Crippen LogP contribution in [0.2, 0.25) is 0 Å². The van der Waals surface area contributed by atoms with Crippen molar-refractivity contribution in [1.29, 1.82) is 0 Å². The number of amides is 1. The summed E-state index contributed by atoms with van der Waals surface area (Å²) < 4.78 is 0. The van der Waals surface area contributed by atoms with Crippen LogP contribution < -0.4 is 0 Å². The van der Waals surface area contributed by atoms with Crippen molar-refractivity contribution >= 4 is 22.8 Å². The van der Waals surface area contributed by atoms with E-state index in [9.17, 15) is 4.79 Å². The van der Waals surface area contributed by atoms with Gasteiger partial charge in [-0.15, -0.1) is 0 Å². The van der Waals surface area contributed by atoms with Crippen LogP contribution in [0, 0.1) is 0 Å². The van der Waals surface area contributed by atoms with E-state index >= 15 is 0 Å². The van der Waals surface area contributed by atoms with E-state index < -0.39 is 0 Å². The number of aliphatic imine (C=N–C) groups is 1. The molecule has 1 aliphatic rings. The third-order valence-corrected chi connectivity index (χ3v) is 4.72. The molecule has 3 nitrogen and oxygen atoms in total. The van der Waals surface area contributed by atoms with Crippen LogP contribution in [0.15, 0.2) is 65.7 Å². The van der Waals surface area contributed by atoms with E-state index in [1.54, 1.807) is 11.8 Å². The SMILES string of the molecule is C[C@@H](Cc1ccccc1)N=C1SCC(=O)N1Cc1ccccc1. The molecule has 2 aromatic carbocycles. The van der Waals surface area contributed by atoms with Gasteiger partial charge in [-0.25, -0.2) is 0 Å². The maximum Gasteiger partial charge on any atom is 0.239 e. The standard InChI is InChI=1S/C19H20N2OS/c1-15(12-16-8-4-2-5-9-16)20-19-21(18(22)14-23-19)13-17-10-6-3-7-11-17/h2-11,15H,12-14H2,1H3/t15-/m0/s1. The quantitative estimate of drug-likeness (QED) is 0.839. The van der Waals surface area contributed by atoms with Gasteiger partial charge in [-0.1, -0.05) is 72.4 Å². The van der Waals surface area contributed by atoms with Crippen LogP contribution in [-0.4, -0.2) is 27.8 Å². The fourth-order valence-electron chi connectivity index (χ4n) is 2.61. The topological polar surface area (TPSA) is 32.7 Å². The average molecular weight is 324 g/mol. The Balaban J connectivity index is 1.70. The third kappa shape index (κ3) is 4.23. The second-order valence-electron chi connectivity index (χ2n) is 5.70. The second-order valence-corrected chi connectivity index (χ2v) is 6.65. The van der Waals surface area contributed by atoms with Crippen molar-refractivity contribution in [2.24, 2.45) is 4.99 Å². The van der Waals surface area contributed by atoms with E-state index in [2.05, 4.69) is 19.1 Å². The molecule has 3 rings (SSSR count). The number of carbonyl (C=O) groups excluding carboxylic acids is 1. The zero-order chi connectivity index (χ0) is 16.1. The molecule has 118 valence electrons. The van der Waals surface area contributed by atoms with Gasteiger partial charge in [0.1, 0.15) is 0 Å². The Morgan fingerprint density at radius 3 is 2.30 bits per heavy atom. The summed E-state index contributed by atoms with van der Waals surface area (Å²) in [6.07, 6.45) is 0.887. The van der Waals surface area contributed by atoms with Crippen molar-refractivity contribution in [1.82, 2.24) is 4.90 Å². The highest BCUT2D eigenvalue weighted by Gasteiger charge is 2.28. The van der Waals surface area contributed by atoms with Crippen molar-refractivity contribution in [2.45, 2.75) is 25.9 Å². The number of benzene rings is 2. The van der Waals surface area contributed by atoms with Crippen LogP contribution in [0.1, 0.15) is 18.1 Å². The number of amidine groups is 1. The molecule has 23 heavy (non-hydrogen) atoms. The monoisotopic (exact) mass is 324 g/mol. The zero-order valence-corrected chi connectivity index (χ0v) is 14.0. The molecule has 0 aromatic heterocycles. The average Bonchev–Trinajstić information content (AvgIpc) is 2.90. The van der Waals surface area contributed by atoms with Gasteiger partial charge in [0.2, 0.25) is 5.91 Å². The molecule has 1 aliphatic heterocycles. The predicted molar refractivity (Wildman–Crippen MR) is 96.5 cm³/mol. The Kier molecular flexibility index (Phi) is 5.13. The molecule has 0 unspecified atom stereocenters. The van der Waals surface area contributed by atoms with Crippen LogP contribution in [0.4, 0.5) is 0 Å². The highest BCUT2D eigenvalue weighted by Crippen LogP contribution is 2.23. The lowest BCUT2D eigenvalue weighted by molar-refractivity contribution is -0.124. The molecule has 1 saturated heterocycles. The Morgan fingerprint density at radius 1 is 1.04 bits per heavy atom. The lowest BCUT2D eigenvalue weighted by Gasteiger charge is -2.17. The molecular weight excluding hydrogens is 304 g/mol. The summed E-state index contributed by atoms with van der Waals surface area (Å²) in [5.41, 5.74) is 2.40. The molecule has 1 atom stereocenters. The molecule has 0 aliphatic carbocycles. The molecule has 0 N–H and O–H groups in total. The lowest BCUT2D eigenvalue weighted by Crippen LogP contribution is -2.29. The minimum Gasteiger partial charge on any atom is -0.286 e. The van der Waals surface area contributed by atoms with E-state index in [4.69, 9.17) is 4.99 Å². The van der Waals surface area contributed by atoms with Gasteiger partial charge in [-0.3, -0.25) is 14.7 Å². The van der Waals surface area contributed by atoms with Gasteiger partial charge >= 0.3 is 0 Å². The summed E-state index contributed by atoms with van der Waals surface area (Å²) in [5, 5.41) is 0.849. The number of nitrogens with zero attached hydrogens (tertiary/aromatic N) is 2. The van der Waals surface area contributed by atoms with E-state index in [-0.39, 0.29) is 11.9 Å². The van der Waals surface area contributed by atoms with Gasteiger partial charge in [-0.05, 0) is 24.5 Å². The summed E-state index contributed by atoms with van der Waals surface area (Å²) in [4.78, 5) is 18.7. The van der Waals surface area contributed by atoms with Crippen molar-refractivity contribution < 1.29 is 4.79 Å². The molecule has 1 fully saturated rings. The molecule has 2 aromatic rings. The Morgan fingerprint density at radius 2 is 1.65 bits per heavy atom. The minimum atomic E-state index is 0.143. The fourth-order valence-corrected chi connectivity index (χ4v) is 3.59. The first-order valence-electron chi connectivity index (χ1n) is 7.81. The normalized spacial score (nSPS) is 17.7. The molecule has 0 radical (unpaired) electrons. The Hall–Kier alpha value is -2.07. The van der Waals surface area contributed by atoms with Gasteiger partial charge in [-0.2, -0.15) is 0 Å². The predicted octanol–water partition coefficient (Wildman–Crippen LogP) is 3.75. The second kappa shape index (κ2) is 7.47. The highest BCUT2D eigenvalue weighted by atomic mass is 32.2. The lowest BCUT2D eigenvalue weighted by atomic mass is 10.1. The summed E-state index contributed by atoms with van der Waals surface area (Å²) >= 11 is 1.54. The summed E-state index contributed by atoms with van der Waals surface area (Å²) in [7, 11) is 0. The van der Waals surface area contributed by atoms with Crippen molar-refractivity contribution in [3.8, 4) is 0 Å². The number of hydrogen-bond acceptors (Lipinski definition) is 3. The third-order valence-electron chi connectivity index (χ3n) is 3.74. The minimum absolute atomic E-state index is 0.143. The summed E-state index contributed by atoms with van der Waals surface area (Å²) in [6, 6.07) is 20.6. The zero-order valence-electron chi connectivity index (χ0n) is 13.2. The molecule has 0 saturated carbocycles. The first kappa shape index (κ1) is 15.8. The molecule has 0 bridgehead atoms. The number of rotatable bonds is 5. The van der Waals surface area contributed by atoms with Gasteiger partial charge in [0, 0.05) is 0 Å². The molecule has 4 heteroatoms. The maximum atomic E-state index is 12.2. The number of thioether (sulfide) groups is 1. The molecule has 1 heterocycles. The van der Waals surface area contributed by atoms with E-state index in [0.29, 0.717) is 12.3 Å². The number of carbonyl (C=O) groups is 1. The van der Waals surface area contributed by atoms with E-state index in [1.165, 1.54) is 5.56 Å². The number of hydrogen-bond donors (Lipinski definition) is 0. The largest absolute Gasteiger partial charge is 0.286 e. The smallest absolute Gasteiger partial charge is 0.239 e. The van der Waals surface area contributed by atoms with Gasteiger partial charge in [0.05, 0.1) is 18.3 Å².